The maximum atomic E-state index is 12.5. The van der Waals surface area contributed by atoms with Gasteiger partial charge in [0, 0.05) is 23.1 Å². The van der Waals surface area contributed by atoms with Gasteiger partial charge in [-0.15, -0.1) is 0 Å². The van der Waals surface area contributed by atoms with Crippen molar-refractivity contribution in [3.05, 3.63) is 89.2 Å². The molecule has 3 aromatic rings. The summed E-state index contributed by atoms with van der Waals surface area (Å²) >= 11 is 0. The van der Waals surface area contributed by atoms with Gasteiger partial charge in [-0.1, -0.05) is 38.1 Å². The van der Waals surface area contributed by atoms with Crippen molar-refractivity contribution < 1.29 is 9.59 Å². The third-order valence-electron chi connectivity index (χ3n) is 4.37. The number of pyridine rings is 1. The first kappa shape index (κ1) is 19.3. The first-order valence-electron chi connectivity index (χ1n) is 9.18. The molecule has 2 N–H and O–H groups in total. The van der Waals surface area contributed by atoms with Crippen molar-refractivity contribution in [2.45, 2.75) is 26.7 Å². The number of carbonyl (C=O) groups excluding carboxylic acids is 2. The van der Waals surface area contributed by atoms with Crippen molar-refractivity contribution >= 4 is 23.2 Å². The van der Waals surface area contributed by atoms with Crippen LogP contribution in [0, 0.1) is 6.92 Å². The summed E-state index contributed by atoms with van der Waals surface area (Å²) in [6, 6.07) is 18.3. The summed E-state index contributed by atoms with van der Waals surface area (Å²) in [6.07, 6.45) is 1.46. The summed E-state index contributed by atoms with van der Waals surface area (Å²) < 4.78 is 0. The van der Waals surface area contributed by atoms with E-state index >= 15 is 0 Å². The van der Waals surface area contributed by atoms with Crippen molar-refractivity contribution in [1.82, 2.24) is 4.98 Å². The van der Waals surface area contributed by atoms with Gasteiger partial charge in [-0.05, 0) is 60.4 Å². The molecule has 0 spiro atoms. The van der Waals surface area contributed by atoms with Gasteiger partial charge < -0.3 is 10.6 Å². The van der Waals surface area contributed by atoms with E-state index in [0.29, 0.717) is 22.9 Å². The van der Waals surface area contributed by atoms with Crippen molar-refractivity contribution in [2.24, 2.45) is 0 Å². The molecule has 0 aliphatic carbocycles. The van der Waals surface area contributed by atoms with Crippen LogP contribution < -0.4 is 10.6 Å². The summed E-state index contributed by atoms with van der Waals surface area (Å²) in [7, 11) is 0. The second-order valence-electron chi connectivity index (χ2n) is 6.98. The van der Waals surface area contributed by atoms with E-state index in [1.54, 1.807) is 6.07 Å². The minimum Gasteiger partial charge on any atom is -0.322 e. The van der Waals surface area contributed by atoms with Crippen LogP contribution in [0.5, 0.6) is 0 Å². The number of carbonyl (C=O) groups is 2. The lowest BCUT2D eigenvalue weighted by Crippen LogP contribution is -2.17. The topological polar surface area (TPSA) is 71.1 Å². The Morgan fingerprint density at radius 2 is 1.57 bits per heavy atom. The lowest BCUT2D eigenvalue weighted by Gasteiger charge is -2.09. The maximum Gasteiger partial charge on any atom is 0.274 e. The highest BCUT2D eigenvalue weighted by Crippen LogP contribution is 2.18. The smallest absolute Gasteiger partial charge is 0.274 e. The summed E-state index contributed by atoms with van der Waals surface area (Å²) in [5.74, 6) is -0.221. The minimum absolute atomic E-state index is 0.185. The van der Waals surface area contributed by atoms with Crippen LogP contribution in [-0.2, 0) is 0 Å². The largest absolute Gasteiger partial charge is 0.322 e. The molecule has 0 fully saturated rings. The Hall–Kier alpha value is -3.47. The molecule has 5 nitrogen and oxygen atoms in total. The van der Waals surface area contributed by atoms with E-state index in [-0.39, 0.29) is 17.5 Å². The third-order valence-corrected chi connectivity index (χ3v) is 4.37. The molecule has 0 atom stereocenters. The van der Waals surface area contributed by atoms with Crippen molar-refractivity contribution in [3.63, 3.8) is 0 Å². The second-order valence-corrected chi connectivity index (χ2v) is 6.98. The molecule has 1 heterocycles. The summed E-state index contributed by atoms with van der Waals surface area (Å²) in [6.45, 7) is 6.19. The van der Waals surface area contributed by atoms with Gasteiger partial charge in [0.1, 0.15) is 5.69 Å². The number of nitrogens with zero attached hydrogens (tertiary/aromatic N) is 1. The Balaban J connectivity index is 1.71. The monoisotopic (exact) mass is 373 g/mol. The molecule has 3 rings (SSSR count). The molecule has 0 radical (unpaired) electrons. The highest BCUT2D eigenvalue weighted by molar-refractivity contribution is 6.07. The van der Waals surface area contributed by atoms with Crippen LogP contribution in [-0.4, -0.2) is 16.8 Å². The zero-order chi connectivity index (χ0) is 20.1. The Morgan fingerprint density at radius 1 is 0.857 bits per heavy atom. The summed E-state index contributed by atoms with van der Waals surface area (Å²) in [5.41, 5.74) is 4.20. The van der Waals surface area contributed by atoms with E-state index in [2.05, 4.69) is 29.5 Å². The van der Waals surface area contributed by atoms with Crippen LogP contribution in [0.4, 0.5) is 11.4 Å². The van der Waals surface area contributed by atoms with Crippen molar-refractivity contribution in [3.8, 4) is 0 Å². The molecule has 2 amide bonds. The zero-order valence-electron chi connectivity index (χ0n) is 16.2. The quantitative estimate of drug-likeness (QED) is 0.660. The van der Waals surface area contributed by atoms with E-state index < -0.39 is 0 Å². The molecule has 0 saturated heterocycles. The average Bonchev–Trinajstić information content (AvgIpc) is 2.68. The first-order valence-corrected chi connectivity index (χ1v) is 9.18. The SMILES string of the molecule is Cc1cccc(NC(=O)c2ccnc(C(=O)Nc3ccc(C(C)C)cc3)c2)c1. The second kappa shape index (κ2) is 8.48. The fourth-order valence-corrected chi connectivity index (χ4v) is 2.77. The number of anilines is 2. The van der Waals surface area contributed by atoms with Gasteiger partial charge in [-0.2, -0.15) is 0 Å². The molecule has 28 heavy (non-hydrogen) atoms. The van der Waals surface area contributed by atoms with E-state index in [9.17, 15) is 9.59 Å². The lowest BCUT2D eigenvalue weighted by molar-refractivity contribution is 0.102. The number of aromatic nitrogens is 1. The van der Waals surface area contributed by atoms with Crippen LogP contribution in [0.25, 0.3) is 0 Å². The van der Waals surface area contributed by atoms with Crippen molar-refractivity contribution in [2.75, 3.05) is 10.6 Å². The highest BCUT2D eigenvalue weighted by Gasteiger charge is 2.13. The Bertz CT molecular complexity index is 995. The zero-order valence-corrected chi connectivity index (χ0v) is 16.2. The maximum absolute atomic E-state index is 12.5. The molecule has 142 valence electrons. The lowest BCUT2D eigenvalue weighted by atomic mass is 10.0. The van der Waals surface area contributed by atoms with Gasteiger partial charge in [-0.3, -0.25) is 14.6 Å². The number of rotatable bonds is 5. The Labute approximate surface area is 164 Å². The normalized spacial score (nSPS) is 10.6. The standard InChI is InChI=1S/C23H23N3O2/c1-15(2)17-7-9-19(10-8-17)25-23(28)21-14-18(11-12-24-21)22(27)26-20-6-4-5-16(3)13-20/h4-15H,1-3H3,(H,25,28)(H,26,27). The predicted molar refractivity (Wildman–Crippen MR) is 112 cm³/mol. The number of nitrogens with one attached hydrogen (secondary N) is 2. The molecule has 0 aliphatic heterocycles. The minimum atomic E-state index is -0.359. The fraction of sp³-hybridized carbons (Fsp3) is 0.174. The molecule has 0 unspecified atom stereocenters. The number of benzene rings is 2. The van der Waals surface area contributed by atoms with E-state index in [4.69, 9.17) is 0 Å². The van der Waals surface area contributed by atoms with Crippen LogP contribution in [0.1, 0.15) is 51.7 Å². The van der Waals surface area contributed by atoms with Crippen molar-refractivity contribution in [1.29, 1.82) is 0 Å². The van der Waals surface area contributed by atoms with Gasteiger partial charge in [0.25, 0.3) is 11.8 Å². The molecule has 2 aromatic carbocycles. The number of hydrogen-bond donors (Lipinski definition) is 2. The molecular formula is C23H23N3O2. The molecule has 0 saturated carbocycles. The molecule has 0 bridgehead atoms. The van der Waals surface area contributed by atoms with Crippen LogP contribution in [0.3, 0.4) is 0 Å². The molecule has 5 heteroatoms. The first-order chi connectivity index (χ1) is 13.4. The van der Waals surface area contributed by atoms with Gasteiger partial charge in [0.05, 0.1) is 0 Å². The summed E-state index contributed by atoms with van der Waals surface area (Å²) in [5, 5.41) is 5.65. The van der Waals surface area contributed by atoms with E-state index in [1.165, 1.54) is 17.8 Å². The number of amides is 2. The highest BCUT2D eigenvalue weighted by atomic mass is 16.2. The molecular weight excluding hydrogens is 350 g/mol. The van der Waals surface area contributed by atoms with Crippen LogP contribution in [0.2, 0.25) is 0 Å². The van der Waals surface area contributed by atoms with E-state index in [1.807, 2.05) is 55.5 Å². The predicted octanol–water partition coefficient (Wildman–Crippen LogP) is 5.02. The van der Waals surface area contributed by atoms with Gasteiger partial charge >= 0.3 is 0 Å². The Kier molecular flexibility index (Phi) is 5.84. The van der Waals surface area contributed by atoms with E-state index in [0.717, 1.165) is 5.56 Å². The van der Waals surface area contributed by atoms with Crippen LogP contribution >= 0.6 is 0 Å². The van der Waals surface area contributed by atoms with Crippen LogP contribution in [0.15, 0.2) is 66.9 Å². The van der Waals surface area contributed by atoms with Gasteiger partial charge in [0.15, 0.2) is 0 Å². The third kappa shape index (κ3) is 4.82. The summed E-state index contributed by atoms with van der Waals surface area (Å²) in [4.78, 5) is 29.1. The average molecular weight is 373 g/mol. The van der Waals surface area contributed by atoms with Gasteiger partial charge in [0.2, 0.25) is 0 Å². The fourth-order valence-electron chi connectivity index (χ4n) is 2.77. The number of hydrogen-bond acceptors (Lipinski definition) is 3. The number of aryl methyl sites for hydroxylation is 1. The molecule has 0 aliphatic rings. The molecule has 1 aromatic heterocycles. The van der Waals surface area contributed by atoms with Gasteiger partial charge in [-0.25, -0.2) is 0 Å². The Morgan fingerprint density at radius 3 is 2.25 bits per heavy atom.